The second-order valence-electron chi connectivity index (χ2n) is 4.15. The lowest BCUT2D eigenvalue weighted by molar-refractivity contribution is 0.317. The summed E-state index contributed by atoms with van der Waals surface area (Å²) in [7, 11) is 0. The number of nitrogens with zero attached hydrogens (tertiary/aromatic N) is 1. The highest BCUT2D eigenvalue weighted by Gasteiger charge is 2.03. The molecule has 0 atom stereocenters. The molecule has 0 spiro atoms. The van der Waals surface area contributed by atoms with E-state index < -0.39 is 0 Å². The van der Waals surface area contributed by atoms with E-state index in [9.17, 15) is 0 Å². The first-order valence-corrected chi connectivity index (χ1v) is 6.77. The Balaban J connectivity index is 2.06. The van der Waals surface area contributed by atoms with Gasteiger partial charge in [0.1, 0.15) is 22.2 Å². The molecule has 2 rings (SSSR count). The van der Waals surface area contributed by atoms with Crippen molar-refractivity contribution in [2.24, 2.45) is 5.73 Å². The van der Waals surface area contributed by atoms with E-state index in [0.717, 1.165) is 12.2 Å². The van der Waals surface area contributed by atoms with Gasteiger partial charge in [0.2, 0.25) is 5.88 Å². The molecule has 0 aliphatic heterocycles. The number of hydrogen-bond donors (Lipinski definition) is 1. The average molecular weight is 288 g/mol. The van der Waals surface area contributed by atoms with Crippen molar-refractivity contribution in [2.75, 3.05) is 6.61 Å². The lowest BCUT2D eigenvalue weighted by atomic mass is 10.3. The van der Waals surface area contributed by atoms with Crippen LogP contribution in [0.2, 0.25) is 0 Å². The molecule has 5 heteroatoms. The summed E-state index contributed by atoms with van der Waals surface area (Å²) in [5.74, 6) is 1.96. The van der Waals surface area contributed by atoms with Gasteiger partial charge in [-0.05, 0) is 36.8 Å². The van der Waals surface area contributed by atoms with Crippen molar-refractivity contribution in [3.63, 3.8) is 0 Å². The van der Waals surface area contributed by atoms with Crippen LogP contribution in [0.15, 0.2) is 42.5 Å². The standard InChI is InChI=1S/C15H16N2O2S/c1-2-10-18-11-6-8-12(9-7-11)19-14-5-3-4-13(17-14)15(16)20/h3-9H,2,10H2,1H3,(H2,16,20). The number of ether oxygens (including phenoxy) is 2. The predicted molar refractivity (Wildman–Crippen MR) is 82.4 cm³/mol. The van der Waals surface area contributed by atoms with E-state index in [1.807, 2.05) is 24.3 Å². The summed E-state index contributed by atoms with van der Waals surface area (Å²) in [4.78, 5) is 4.47. The van der Waals surface area contributed by atoms with Gasteiger partial charge in [-0.3, -0.25) is 0 Å². The van der Waals surface area contributed by atoms with Crippen molar-refractivity contribution in [3.05, 3.63) is 48.2 Å². The highest BCUT2D eigenvalue weighted by molar-refractivity contribution is 7.80. The Morgan fingerprint density at radius 3 is 2.50 bits per heavy atom. The monoisotopic (exact) mass is 288 g/mol. The van der Waals surface area contributed by atoms with Gasteiger partial charge < -0.3 is 15.2 Å². The van der Waals surface area contributed by atoms with Crippen LogP contribution in [-0.2, 0) is 0 Å². The highest BCUT2D eigenvalue weighted by atomic mass is 32.1. The molecule has 0 unspecified atom stereocenters. The van der Waals surface area contributed by atoms with Crippen LogP contribution < -0.4 is 15.2 Å². The molecule has 1 aromatic carbocycles. The maximum absolute atomic E-state index is 5.65. The van der Waals surface area contributed by atoms with Crippen LogP contribution in [-0.4, -0.2) is 16.6 Å². The Morgan fingerprint density at radius 2 is 1.85 bits per heavy atom. The van der Waals surface area contributed by atoms with Gasteiger partial charge in [0, 0.05) is 6.07 Å². The number of nitrogens with two attached hydrogens (primary N) is 1. The van der Waals surface area contributed by atoms with Crippen LogP contribution in [0.4, 0.5) is 0 Å². The second-order valence-corrected chi connectivity index (χ2v) is 4.59. The molecule has 2 aromatic rings. The number of pyridine rings is 1. The number of thiocarbonyl (C=S) groups is 1. The van der Waals surface area contributed by atoms with E-state index in [1.165, 1.54) is 0 Å². The van der Waals surface area contributed by atoms with Gasteiger partial charge in [0.25, 0.3) is 0 Å². The van der Waals surface area contributed by atoms with Crippen LogP contribution >= 0.6 is 12.2 Å². The first kappa shape index (κ1) is 14.3. The van der Waals surface area contributed by atoms with Gasteiger partial charge in [0.05, 0.1) is 6.61 Å². The fourth-order valence-electron chi connectivity index (χ4n) is 1.55. The number of benzene rings is 1. The van der Waals surface area contributed by atoms with Crippen LogP contribution in [0.5, 0.6) is 17.4 Å². The molecule has 104 valence electrons. The first-order valence-electron chi connectivity index (χ1n) is 6.36. The van der Waals surface area contributed by atoms with Crippen molar-refractivity contribution >= 4 is 17.2 Å². The summed E-state index contributed by atoms with van der Waals surface area (Å²) in [6.07, 6.45) is 0.980. The van der Waals surface area contributed by atoms with Gasteiger partial charge >= 0.3 is 0 Å². The molecule has 0 amide bonds. The third-order valence-corrected chi connectivity index (χ3v) is 2.70. The van der Waals surface area contributed by atoms with Crippen molar-refractivity contribution < 1.29 is 9.47 Å². The molecule has 0 radical (unpaired) electrons. The van der Waals surface area contributed by atoms with Crippen molar-refractivity contribution in [1.82, 2.24) is 4.98 Å². The normalized spacial score (nSPS) is 10.1. The SMILES string of the molecule is CCCOc1ccc(Oc2cccc(C(N)=S)n2)cc1. The summed E-state index contributed by atoms with van der Waals surface area (Å²) in [6, 6.07) is 12.7. The molecule has 20 heavy (non-hydrogen) atoms. The lowest BCUT2D eigenvalue weighted by Crippen LogP contribution is -2.11. The number of rotatable bonds is 6. The Morgan fingerprint density at radius 1 is 1.15 bits per heavy atom. The minimum absolute atomic E-state index is 0.249. The minimum atomic E-state index is 0.249. The highest BCUT2D eigenvalue weighted by Crippen LogP contribution is 2.22. The zero-order valence-electron chi connectivity index (χ0n) is 11.2. The van der Waals surface area contributed by atoms with Crippen molar-refractivity contribution in [1.29, 1.82) is 0 Å². The first-order chi connectivity index (χ1) is 9.69. The van der Waals surface area contributed by atoms with E-state index in [2.05, 4.69) is 11.9 Å². The molecule has 1 aromatic heterocycles. The van der Waals surface area contributed by atoms with Gasteiger partial charge in [-0.15, -0.1) is 0 Å². The van der Waals surface area contributed by atoms with E-state index in [0.29, 0.717) is 23.9 Å². The maximum Gasteiger partial charge on any atom is 0.219 e. The van der Waals surface area contributed by atoms with Gasteiger partial charge in [-0.2, -0.15) is 0 Å². The third-order valence-electron chi connectivity index (χ3n) is 2.49. The molecule has 0 aliphatic rings. The summed E-state index contributed by atoms with van der Waals surface area (Å²) < 4.78 is 11.2. The zero-order chi connectivity index (χ0) is 14.4. The zero-order valence-corrected chi connectivity index (χ0v) is 12.0. The Hall–Kier alpha value is -2.14. The molecular weight excluding hydrogens is 272 g/mol. The molecule has 0 bridgehead atoms. The Labute approximate surface area is 123 Å². The quantitative estimate of drug-likeness (QED) is 0.826. The smallest absolute Gasteiger partial charge is 0.219 e. The third kappa shape index (κ3) is 3.93. The fourth-order valence-corrected chi connectivity index (χ4v) is 1.67. The maximum atomic E-state index is 5.65. The van der Waals surface area contributed by atoms with E-state index in [-0.39, 0.29) is 4.99 Å². The van der Waals surface area contributed by atoms with Crippen molar-refractivity contribution in [2.45, 2.75) is 13.3 Å². The summed E-state index contributed by atoms with van der Waals surface area (Å²) in [5.41, 5.74) is 6.08. The molecule has 0 saturated carbocycles. The molecule has 4 nitrogen and oxygen atoms in total. The van der Waals surface area contributed by atoms with E-state index >= 15 is 0 Å². The van der Waals surface area contributed by atoms with Crippen LogP contribution in [0, 0.1) is 0 Å². The number of aromatic nitrogens is 1. The number of hydrogen-bond acceptors (Lipinski definition) is 4. The molecule has 0 saturated heterocycles. The summed E-state index contributed by atoms with van der Waals surface area (Å²) in [5, 5.41) is 0. The average Bonchev–Trinajstić information content (AvgIpc) is 2.47. The fraction of sp³-hybridized carbons (Fsp3) is 0.200. The van der Waals surface area contributed by atoms with Gasteiger partial charge in [0.15, 0.2) is 0 Å². The second kappa shape index (κ2) is 6.86. The topological polar surface area (TPSA) is 57.4 Å². The van der Waals surface area contributed by atoms with Crippen LogP contribution in [0.1, 0.15) is 19.0 Å². The Bertz CT molecular complexity index is 585. The van der Waals surface area contributed by atoms with Gasteiger partial charge in [-0.25, -0.2) is 4.98 Å². The molecule has 0 fully saturated rings. The summed E-state index contributed by atoms with van der Waals surface area (Å²) in [6.45, 7) is 2.77. The predicted octanol–water partition coefficient (Wildman–Crippen LogP) is 3.30. The van der Waals surface area contributed by atoms with Gasteiger partial charge in [-0.1, -0.05) is 25.2 Å². The van der Waals surface area contributed by atoms with Crippen molar-refractivity contribution in [3.8, 4) is 17.4 Å². The molecule has 2 N–H and O–H groups in total. The minimum Gasteiger partial charge on any atom is -0.494 e. The van der Waals surface area contributed by atoms with E-state index in [4.69, 9.17) is 27.4 Å². The van der Waals surface area contributed by atoms with E-state index in [1.54, 1.807) is 18.2 Å². The Kier molecular flexibility index (Phi) is 4.90. The van der Waals surface area contributed by atoms with Crippen LogP contribution in [0.3, 0.4) is 0 Å². The molecular formula is C15H16N2O2S. The van der Waals surface area contributed by atoms with Crippen LogP contribution in [0.25, 0.3) is 0 Å². The lowest BCUT2D eigenvalue weighted by Gasteiger charge is -2.08. The summed E-state index contributed by atoms with van der Waals surface area (Å²) >= 11 is 4.89. The molecule has 1 heterocycles. The largest absolute Gasteiger partial charge is 0.494 e. The molecule has 0 aliphatic carbocycles.